The second-order valence-electron chi connectivity index (χ2n) is 7.76. The third-order valence-electron chi connectivity index (χ3n) is 5.33. The molecular formula is C24H25FN4O6S2. The van der Waals surface area contributed by atoms with Crippen molar-refractivity contribution >= 4 is 48.9 Å². The van der Waals surface area contributed by atoms with Crippen LogP contribution in [0.3, 0.4) is 0 Å². The van der Waals surface area contributed by atoms with Crippen LogP contribution in [0, 0.1) is 10.1 Å². The average Bonchev–Trinajstić information content (AvgIpc) is 3.31. The SMILES string of the molecule is CCOC(=O)c1cc([N+](=O)[O-])sc1N=Nc1ccc(N(CC)CCCc2ccc(S(=O)(=O)F)cc2)cc1. The highest BCUT2D eigenvalue weighted by Gasteiger charge is 2.23. The fourth-order valence-electron chi connectivity index (χ4n) is 3.48. The second-order valence-corrected chi connectivity index (χ2v) is 10.1. The molecule has 0 aliphatic rings. The number of rotatable bonds is 12. The van der Waals surface area contributed by atoms with Crippen LogP contribution in [-0.4, -0.2) is 39.0 Å². The molecule has 0 saturated carbocycles. The summed E-state index contributed by atoms with van der Waals surface area (Å²) in [7, 11) is -4.70. The molecule has 0 unspecified atom stereocenters. The van der Waals surface area contributed by atoms with E-state index in [-0.39, 0.29) is 27.1 Å². The summed E-state index contributed by atoms with van der Waals surface area (Å²) in [6, 6.07) is 14.1. The summed E-state index contributed by atoms with van der Waals surface area (Å²) < 4.78 is 39.9. The number of esters is 1. The number of nitro groups is 1. The maximum absolute atomic E-state index is 13.0. The number of halogens is 1. The number of hydrogen-bond acceptors (Lipinski definition) is 10. The van der Waals surface area contributed by atoms with Gasteiger partial charge in [-0.15, -0.1) is 14.1 Å². The number of benzene rings is 2. The summed E-state index contributed by atoms with van der Waals surface area (Å²) in [5.74, 6) is -0.696. The third kappa shape index (κ3) is 7.64. The lowest BCUT2D eigenvalue weighted by Gasteiger charge is -2.23. The van der Waals surface area contributed by atoms with E-state index in [4.69, 9.17) is 4.74 Å². The molecular weight excluding hydrogens is 523 g/mol. The molecule has 3 aromatic rings. The van der Waals surface area contributed by atoms with E-state index in [1.54, 1.807) is 31.2 Å². The Balaban J connectivity index is 1.63. The molecule has 0 aliphatic heterocycles. The molecule has 0 bridgehead atoms. The number of carbonyl (C=O) groups is 1. The Kier molecular flexibility index (Phi) is 9.42. The number of thiophene rings is 1. The smallest absolute Gasteiger partial charge is 0.341 e. The van der Waals surface area contributed by atoms with E-state index < -0.39 is 21.1 Å². The minimum Gasteiger partial charge on any atom is -0.462 e. The van der Waals surface area contributed by atoms with Gasteiger partial charge in [-0.1, -0.05) is 12.1 Å². The van der Waals surface area contributed by atoms with Gasteiger partial charge >= 0.3 is 21.2 Å². The summed E-state index contributed by atoms with van der Waals surface area (Å²) in [4.78, 5) is 24.4. The minimum absolute atomic E-state index is 0.00274. The molecule has 0 radical (unpaired) electrons. The Morgan fingerprint density at radius 2 is 1.78 bits per heavy atom. The fourth-order valence-corrected chi connectivity index (χ4v) is 4.73. The standard InChI is InChI=1S/C24H25FN4O6S2/c1-3-28(15-5-6-17-7-13-20(14-8-17)37(25,33)34)19-11-9-18(10-12-19)26-27-23-21(24(30)35-4-2)16-22(36-23)29(31)32/h7-14,16H,3-6,15H2,1-2H3. The minimum atomic E-state index is -4.70. The maximum Gasteiger partial charge on any atom is 0.341 e. The van der Waals surface area contributed by atoms with Gasteiger partial charge in [0, 0.05) is 24.8 Å². The molecule has 0 N–H and O–H groups in total. The van der Waals surface area contributed by atoms with Gasteiger partial charge in [0.15, 0.2) is 5.00 Å². The van der Waals surface area contributed by atoms with Gasteiger partial charge in [-0.2, -0.15) is 8.42 Å². The molecule has 0 atom stereocenters. The van der Waals surface area contributed by atoms with Crippen LogP contribution in [0.15, 0.2) is 69.7 Å². The van der Waals surface area contributed by atoms with Gasteiger partial charge in [-0.3, -0.25) is 10.1 Å². The first-order valence-electron chi connectivity index (χ1n) is 11.4. The first kappa shape index (κ1) is 27.9. The molecule has 2 aromatic carbocycles. The molecule has 0 amide bonds. The Morgan fingerprint density at radius 1 is 1.11 bits per heavy atom. The van der Waals surface area contributed by atoms with Crippen molar-refractivity contribution in [2.75, 3.05) is 24.6 Å². The van der Waals surface area contributed by atoms with Gasteiger partial charge in [0.25, 0.3) is 0 Å². The van der Waals surface area contributed by atoms with Crippen molar-refractivity contribution < 1.29 is 26.8 Å². The lowest BCUT2D eigenvalue weighted by atomic mass is 10.1. The monoisotopic (exact) mass is 548 g/mol. The van der Waals surface area contributed by atoms with Crippen LogP contribution < -0.4 is 4.90 Å². The van der Waals surface area contributed by atoms with Crippen LogP contribution in [0.4, 0.5) is 25.3 Å². The number of hydrogen-bond donors (Lipinski definition) is 0. The average molecular weight is 549 g/mol. The molecule has 0 fully saturated rings. The summed E-state index contributed by atoms with van der Waals surface area (Å²) in [5, 5.41) is 19.1. The number of anilines is 1. The highest BCUT2D eigenvalue weighted by molar-refractivity contribution is 7.86. The summed E-state index contributed by atoms with van der Waals surface area (Å²) >= 11 is 0.745. The molecule has 0 aliphatic carbocycles. The highest BCUT2D eigenvalue weighted by atomic mass is 32.3. The summed E-state index contributed by atoms with van der Waals surface area (Å²) in [6.45, 7) is 5.28. The van der Waals surface area contributed by atoms with E-state index in [1.807, 2.05) is 19.1 Å². The van der Waals surface area contributed by atoms with Crippen LogP contribution in [0.25, 0.3) is 0 Å². The van der Waals surface area contributed by atoms with Crippen LogP contribution in [0.1, 0.15) is 36.2 Å². The zero-order valence-corrected chi connectivity index (χ0v) is 21.8. The summed E-state index contributed by atoms with van der Waals surface area (Å²) in [5.41, 5.74) is 2.38. The zero-order valence-electron chi connectivity index (χ0n) is 20.2. The van der Waals surface area contributed by atoms with E-state index in [9.17, 15) is 27.2 Å². The molecule has 196 valence electrons. The van der Waals surface area contributed by atoms with Gasteiger partial charge in [-0.25, -0.2) is 4.79 Å². The Hall–Kier alpha value is -3.71. The molecule has 0 spiro atoms. The van der Waals surface area contributed by atoms with E-state index in [2.05, 4.69) is 15.1 Å². The normalized spacial score (nSPS) is 11.5. The number of carbonyl (C=O) groups excluding carboxylic acids is 1. The first-order valence-corrected chi connectivity index (χ1v) is 13.6. The van der Waals surface area contributed by atoms with Gasteiger partial charge < -0.3 is 9.64 Å². The van der Waals surface area contributed by atoms with Crippen molar-refractivity contribution in [3.63, 3.8) is 0 Å². The fraction of sp³-hybridized carbons (Fsp3) is 0.292. The lowest BCUT2D eigenvalue weighted by Crippen LogP contribution is -2.24. The van der Waals surface area contributed by atoms with E-state index in [0.717, 1.165) is 48.2 Å². The van der Waals surface area contributed by atoms with Gasteiger partial charge in [-0.05, 0) is 80.0 Å². The van der Waals surface area contributed by atoms with Crippen molar-refractivity contribution in [1.29, 1.82) is 0 Å². The number of azo groups is 1. The number of ether oxygens (including phenoxy) is 1. The molecule has 13 heteroatoms. The predicted molar refractivity (Wildman–Crippen MR) is 138 cm³/mol. The Labute approximate surface area is 217 Å². The van der Waals surface area contributed by atoms with Crippen molar-refractivity contribution in [2.45, 2.75) is 31.6 Å². The Morgan fingerprint density at radius 3 is 2.35 bits per heavy atom. The second kappa shape index (κ2) is 12.5. The molecule has 1 heterocycles. The molecule has 1 aromatic heterocycles. The van der Waals surface area contributed by atoms with Crippen LogP contribution in [0.5, 0.6) is 0 Å². The molecule has 10 nitrogen and oxygen atoms in total. The van der Waals surface area contributed by atoms with Crippen LogP contribution in [0.2, 0.25) is 0 Å². The summed E-state index contributed by atoms with van der Waals surface area (Å²) in [6.07, 6.45) is 1.50. The van der Waals surface area contributed by atoms with Gasteiger partial charge in [0.1, 0.15) is 5.56 Å². The molecule has 3 rings (SSSR count). The largest absolute Gasteiger partial charge is 0.462 e. The van der Waals surface area contributed by atoms with Crippen molar-refractivity contribution in [1.82, 2.24) is 0 Å². The molecule has 0 saturated heterocycles. The van der Waals surface area contributed by atoms with Gasteiger partial charge in [0.2, 0.25) is 0 Å². The highest BCUT2D eigenvalue weighted by Crippen LogP contribution is 2.37. The maximum atomic E-state index is 13.0. The van der Waals surface area contributed by atoms with Crippen molar-refractivity contribution in [3.8, 4) is 0 Å². The van der Waals surface area contributed by atoms with Gasteiger partial charge in [0.05, 0.1) is 22.1 Å². The van der Waals surface area contributed by atoms with E-state index in [1.165, 1.54) is 12.1 Å². The third-order valence-corrected chi connectivity index (χ3v) is 7.13. The van der Waals surface area contributed by atoms with Crippen molar-refractivity contribution in [2.24, 2.45) is 10.2 Å². The number of nitrogens with zero attached hydrogens (tertiary/aromatic N) is 4. The molecule has 37 heavy (non-hydrogen) atoms. The predicted octanol–water partition coefficient (Wildman–Crippen LogP) is 6.37. The quantitative estimate of drug-likeness (QED) is 0.0845. The number of aryl methyl sites for hydroxylation is 1. The lowest BCUT2D eigenvalue weighted by molar-refractivity contribution is -0.380. The topological polar surface area (TPSA) is 132 Å². The van der Waals surface area contributed by atoms with E-state index >= 15 is 0 Å². The van der Waals surface area contributed by atoms with E-state index in [0.29, 0.717) is 12.1 Å². The van der Waals surface area contributed by atoms with Crippen LogP contribution >= 0.6 is 11.3 Å². The zero-order chi connectivity index (χ0) is 27.0. The Bertz CT molecular complexity index is 1370. The first-order chi connectivity index (χ1) is 17.6. The van der Waals surface area contributed by atoms with Crippen molar-refractivity contribution in [3.05, 3.63) is 75.8 Å². The van der Waals surface area contributed by atoms with Crippen LogP contribution in [-0.2, 0) is 21.4 Å².